The second kappa shape index (κ2) is 12.9. The maximum Gasteiger partial charge on any atom is 0.253 e. The number of rotatable bonds is 9. The van der Waals surface area contributed by atoms with E-state index in [0.717, 1.165) is 24.3 Å². The number of amides is 1. The van der Waals surface area contributed by atoms with Crippen LogP contribution in [0, 0.1) is 5.92 Å². The Morgan fingerprint density at radius 2 is 1.92 bits per heavy atom. The van der Waals surface area contributed by atoms with E-state index < -0.39 is 0 Å². The first kappa shape index (κ1) is 24.7. The molecule has 0 aromatic heterocycles. The van der Waals surface area contributed by atoms with E-state index in [4.69, 9.17) is 5.73 Å². The summed E-state index contributed by atoms with van der Waals surface area (Å²) in [4.78, 5) is 18.0. The molecule has 0 spiro atoms. The highest BCUT2D eigenvalue weighted by atomic mass is 127. The number of carbonyl (C=O) groups excluding carboxylic acids is 1. The number of nitrogens with one attached hydrogen (secondary N) is 1. The molecule has 1 amide bonds. The molecule has 0 aliphatic heterocycles. The molecule has 0 saturated heterocycles. The number of guanidine groups is 1. The number of carbonyl (C=O) groups is 1. The number of aliphatic imine (C=N–C) groups is 1. The number of halogens is 1. The second-order valence-electron chi connectivity index (χ2n) is 7.29. The Kier molecular flexibility index (Phi) is 12.3. The summed E-state index contributed by atoms with van der Waals surface area (Å²) in [5.74, 6) is 1.26. The van der Waals surface area contributed by atoms with Crippen molar-refractivity contribution in [3.8, 4) is 0 Å². The third kappa shape index (κ3) is 9.99. The van der Waals surface area contributed by atoms with Crippen LogP contribution in [0.3, 0.4) is 0 Å². The zero-order valence-electron chi connectivity index (χ0n) is 16.8. The van der Waals surface area contributed by atoms with Gasteiger partial charge in [-0.1, -0.05) is 38.8 Å². The molecule has 1 rings (SSSR count). The summed E-state index contributed by atoms with van der Waals surface area (Å²) in [6, 6.07) is 8.03. The van der Waals surface area contributed by atoms with Crippen LogP contribution < -0.4 is 11.1 Å². The van der Waals surface area contributed by atoms with Crippen LogP contribution in [0.1, 0.15) is 56.0 Å². The third-order valence-corrected chi connectivity index (χ3v) is 4.08. The van der Waals surface area contributed by atoms with Crippen LogP contribution in [0.4, 0.5) is 0 Å². The van der Waals surface area contributed by atoms with Gasteiger partial charge >= 0.3 is 0 Å². The SMILES string of the molecule is CC(C)CCCC(C)NC(N)=NCCc1cccc(C(=O)N(C)C)c1.I. The molecule has 1 aromatic rings. The quantitative estimate of drug-likeness (QED) is 0.326. The van der Waals surface area contributed by atoms with Crippen LogP contribution in [-0.4, -0.2) is 43.4 Å². The van der Waals surface area contributed by atoms with Gasteiger partial charge < -0.3 is 16.0 Å². The van der Waals surface area contributed by atoms with Crippen molar-refractivity contribution < 1.29 is 4.79 Å². The lowest BCUT2D eigenvalue weighted by Crippen LogP contribution is -2.38. The van der Waals surface area contributed by atoms with Crippen molar-refractivity contribution in [1.82, 2.24) is 10.2 Å². The maximum atomic E-state index is 12.0. The van der Waals surface area contributed by atoms with Gasteiger partial charge in [0.2, 0.25) is 0 Å². The first-order valence-electron chi connectivity index (χ1n) is 9.16. The Morgan fingerprint density at radius 1 is 1.23 bits per heavy atom. The molecule has 26 heavy (non-hydrogen) atoms. The molecule has 1 aromatic carbocycles. The van der Waals surface area contributed by atoms with Gasteiger partial charge in [0.25, 0.3) is 5.91 Å². The highest BCUT2D eigenvalue weighted by Crippen LogP contribution is 2.09. The molecule has 0 bridgehead atoms. The average Bonchev–Trinajstić information content (AvgIpc) is 2.53. The lowest BCUT2D eigenvalue weighted by atomic mass is 10.0. The van der Waals surface area contributed by atoms with Gasteiger partial charge in [0.1, 0.15) is 0 Å². The van der Waals surface area contributed by atoms with E-state index >= 15 is 0 Å². The minimum absolute atomic E-state index is 0. The highest BCUT2D eigenvalue weighted by molar-refractivity contribution is 14.0. The van der Waals surface area contributed by atoms with E-state index in [-0.39, 0.29) is 29.9 Å². The van der Waals surface area contributed by atoms with Gasteiger partial charge in [-0.15, -0.1) is 24.0 Å². The van der Waals surface area contributed by atoms with Gasteiger partial charge in [-0.2, -0.15) is 0 Å². The van der Waals surface area contributed by atoms with Crippen molar-refractivity contribution in [3.63, 3.8) is 0 Å². The Labute approximate surface area is 175 Å². The average molecular weight is 474 g/mol. The molecule has 0 saturated carbocycles. The standard InChI is InChI=1S/C20H34N4O.HI/c1-15(2)8-6-9-16(3)23-20(21)22-13-12-17-10-7-11-18(14-17)19(25)24(4)5;/h7,10-11,14-16H,6,8-9,12-13H2,1-5H3,(H3,21,22,23);1H. The Balaban J connectivity index is 0.00000625. The van der Waals surface area contributed by atoms with E-state index in [0.29, 0.717) is 24.1 Å². The van der Waals surface area contributed by atoms with Gasteiger partial charge in [-0.25, -0.2) is 0 Å². The lowest BCUT2D eigenvalue weighted by Gasteiger charge is -2.15. The van der Waals surface area contributed by atoms with Crippen molar-refractivity contribution >= 4 is 35.8 Å². The van der Waals surface area contributed by atoms with E-state index in [1.165, 1.54) is 12.8 Å². The first-order chi connectivity index (χ1) is 11.8. The van der Waals surface area contributed by atoms with Gasteiger partial charge in [-0.3, -0.25) is 9.79 Å². The summed E-state index contributed by atoms with van der Waals surface area (Å²) in [5, 5.41) is 3.25. The fourth-order valence-electron chi connectivity index (χ4n) is 2.63. The lowest BCUT2D eigenvalue weighted by molar-refractivity contribution is 0.0827. The first-order valence-corrected chi connectivity index (χ1v) is 9.16. The van der Waals surface area contributed by atoms with Crippen LogP contribution >= 0.6 is 24.0 Å². The van der Waals surface area contributed by atoms with Crippen LogP contribution in [0.2, 0.25) is 0 Å². The summed E-state index contributed by atoms with van der Waals surface area (Å²) in [5.41, 5.74) is 7.76. The Hall–Kier alpha value is -1.31. The largest absolute Gasteiger partial charge is 0.370 e. The second-order valence-corrected chi connectivity index (χ2v) is 7.29. The molecule has 1 atom stereocenters. The molecule has 3 N–H and O–H groups in total. The monoisotopic (exact) mass is 474 g/mol. The van der Waals surface area contributed by atoms with E-state index in [1.54, 1.807) is 19.0 Å². The molecule has 6 heteroatoms. The van der Waals surface area contributed by atoms with Crippen molar-refractivity contribution in [3.05, 3.63) is 35.4 Å². The number of hydrogen-bond donors (Lipinski definition) is 2. The smallest absolute Gasteiger partial charge is 0.253 e. The molecule has 1 unspecified atom stereocenters. The molecule has 0 radical (unpaired) electrons. The zero-order valence-corrected chi connectivity index (χ0v) is 19.1. The minimum Gasteiger partial charge on any atom is -0.370 e. The van der Waals surface area contributed by atoms with Crippen molar-refractivity contribution in [2.45, 2.75) is 52.5 Å². The number of nitrogens with two attached hydrogens (primary N) is 1. The van der Waals surface area contributed by atoms with E-state index in [2.05, 4.69) is 31.1 Å². The fourth-order valence-corrected chi connectivity index (χ4v) is 2.63. The van der Waals surface area contributed by atoms with Crippen molar-refractivity contribution in [2.24, 2.45) is 16.6 Å². The predicted octanol–water partition coefficient (Wildman–Crippen LogP) is 3.67. The predicted molar refractivity (Wildman–Crippen MR) is 121 cm³/mol. The van der Waals surface area contributed by atoms with Gasteiger partial charge in [0.15, 0.2) is 5.96 Å². The van der Waals surface area contributed by atoms with Crippen LogP contribution in [0.5, 0.6) is 0 Å². The zero-order chi connectivity index (χ0) is 18.8. The van der Waals surface area contributed by atoms with Crippen LogP contribution in [0.15, 0.2) is 29.3 Å². The molecule has 5 nitrogen and oxygen atoms in total. The number of nitrogens with zero attached hydrogens (tertiary/aromatic N) is 2. The molecule has 0 aliphatic carbocycles. The van der Waals surface area contributed by atoms with Crippen molar-refractivity contribution in [1.29, 1.82) is 0 Å². The van der Waals surface area contributed by atoms with Gasteiger partial charge in [0.05, 0.1) is 0 Å². The number of benzene rings is 1. The highest BCUT2D eigenvalue weighted by Gasteiger charge is 2.08. The Morgan fingerprint density at radius 3 is 2.54 bits per heavy atom. The van der Waals surface area contributed by atoms with Crippen LogP contribution in [-0.2, 0) is 6.42 Å². The topological polar surface area (TPSA) is 70.7 Å². The summed E-state index contributed by atoms with van der Waals surface area (Å²) >= 11 is 0. The molecule has 0 fully saturated rings. The molecule has 0 heterocycles. The summed E-state index contributed by atoms with van der Waals surface area (Å²) in [6.07, 6.45) is 4.30. The summed E-state index contributed by atoms with van der Waals surface area (Å²) in [7, 11) is 3.52. The van der Waals surface area contributed by atoms with Crippen LogP contribution in [0.25, 0.3) is 0 Å². The van der Waals surface area contributed by atoms with Gasteiger partial charge in [-0.05, 0) is 43.4 Å². The molecular formula is C20H35IN4O. The molecule has 148 valence electrons. The maximum absolute atomic E-state index is 12.0. The van der Waals surface area contributed by atoms with Crippen molar-refractivity contribution in [2.75, 3.05) is 20.6 Å². The van der Waals surface area contributed by atoms with E-state index in [9.17, 15) is 4.79 Å². The fraction of sp³-hybridized carbons (Fsp3) is 0.600. The normalized spacial score (nSPS) is 12.5. The summed E-state index contributed by atoms with van der Waals surface area (Å²) < 4.78 is 0. The minimum atomic E-state index is 0. The third-order valence-electron chi connectivity index (χ3n) is 4.08. The number of hydrogen-bond acceptors (Lipinski definition) is 2. The summed E-state index contributed by atoms with van der Waals surface area (Å²) in [6.45, 7) is 7.24. The molecular weight excluding hydrogens is 439 g/mol. The Bertz CT molecular complexity index is 573. The molecule has 0 aliphatic rings. The van der Waals surface area contributed by atoms with Gasteiger partial charge in [0, 0.05) is 32.2 Å². The van der Waals surface area contributed by atoms with E-state index in [1.807, 2.05) is 24.3 Å².